The zero-order valence-corrected chi connectivity index (χ0v) is 11.5. The van der Waals surface area contributed by atoms with Crippen molar-refractivity contribution in [1.29, 1.82) is 0 Å². The second kappa shape index (κ2) is 6.17. The number of esters is 1. The number of hydrogen-bond donors (Lipinski definition) is 1. The van der Waals surface area contributed by atoms with Gasteiger partial charge in [0.05, 0.1) is 25.4 Å². The molecule has 0 aliphatic carbocycles. The molecule has 1 heterocycles. The first-order valence-electron chi connectivity index (χ1n) is 5.81. The van der Waals surface area contributed by atoms with Gasteiger partial charge in [-0.1, -0.05) is 0 Å². The predicted molar refractivity (Wildman–Crippen MR) is 69.8 cm³/mol. The van der Waals surface area contributed by atoms with E-state index in [4.69, 9.17) is 4.74 Å². The van der Waals surface area contributed by atoms with Crippen LogP contribution in [0.1, 0.15) is 26.3 Å². The van der Waals surface area contributed by atoms with Crippen molar-refractivity contribution in [3.05, 3.63) is 24.0 Å². The molecule has 1 aromatic heterocycles. The summed E-state index contributed by atoms with van der Waals surface area (Å²) in [5.41, 5.74) is 0.553. The molecule has 0 atom stereocenters. The van der Waals surface area contributed by atoms with Crippen LogP contribution in [-0.4, -0.2) is 29.8 Å². The number of ether oxygens (including phenoxy) is 2. The second-order valence-corrected chi connectivity index (χ2v) is 4.96. The molecule has 0 saturated carbocycles. The van der Waals surface area contributed by atoms with Crippen LogP contribution in [0.4, 0.5) is 10.5 Å². The fraction of sp³-hybridized carbons (Fsp3) is 0.462. The molecular weight excluding hydrogens is 248 g/mol. The minimum absolute atomic E-state index is 0.105. The molecule has 0 aliphatic heterocycles. The van der Waals surface area contributed by atoms with Gasteiger partial charge in [-0.3, -0.25) is 15.1 Å². The van der Waals surface area contributed by atoms with E-state index in [1.54, 1.807) is 26.8 Å². The Hall–Kier alpha value is -2.11. The largest absolute Gasteiger partial charge is 0.469 e. The van der Waals surface area contributed by atoms with Crippen molar-refractivity contribution < 1.29 is 19.1 Å². The van der Waals surface area contributed by atoms with Crippen LogP contribution in [0.25, 0.3) is 0 Å². The molecule has 104 valence electrons. The van der Waals surface area contributed by atoms with Crippen LogP contribution in [0.5, 0.6) is 0 Å². The number of anilines is 1. The molecule has 1 amide bonds. The summed E-state index contributed by atoms with van der Waals surface area (Å²) >= 11 is 0. The first-order chi connectivity index (χ1) is 8.80. The van der Waals surface area contributed by atoms with Crippen molar-refractivity contribution in [3.8, 4) is 0 Å². The van der Waals surface area contributed by atoms with Crippen LogP contribution in [-0.2, 0) is 20.7 Å². The smallest absolute Gasteiger partial charge is 0.412 e. The number of carbonyl (C=O) groups excluding carboxylic acids is 2. The third-order valence-corrected chi connectivity index (χ3v) is 2.02. The number of aromatic nitrogens is 1. The fourth-order valence-electron chi connectivity index (χ4n) is 1.31. The highest BCUT2D eigenvalue weighted by molar-refractivity contribution is 5.85. The predicted octanol–water partition coefficient (Wildman–Crippen LogP) is 2.14. The van der Waals surface area contributed by atoms with E-state index in [1.807, 2.05) is 0 Å². The van der Waals surface area contributed by atoms with Crippen molar-refractivity contribution in [2.75, 3.05) is 12.4 Å². The molecule has 0 bridgehead atoms. The molecule has 0 radical (unpaired) electrons. The van der Waals surface area contributed by atoms with Crippen LogP contribution in [0.2, 0.25) is 0 Å². The van der Waals surface area contributed by atoms with E-state index in [9.17, 15) is 9.59 Å². The van der Waals surface area contributed by atoms with Crippen molar-refractivity contribution in [2.45, 2.75) is 32.8 Å². The zero-order chi connectivity index (χ0) is 14.5. The van der Waals surface area contributed by atoms with Crippen LogP contribution < -0.4 is 5.32 Å². The fourth-order valence-corrected chi connectivity index (χ4v) is 1.31. The van der Waals surface area contributed by atoms with Gasteiger partial charge in [-0.2, -0.15) is 0 Å². The molecule has 6 nitrogen and oxygen atoms in total. The Morgan fingerprint density at radius 1 is 1.32 bits per heavy atom. The zero-order valence-electron chi connectivity index (χ0n) is 11.5. The standard InChI is InChI=1S/C13H18N2O4/c1-13(2,3)19-12(17)15-10-5-9(7-14-8-10)6-11(16)18-4/h5,7-8H,6H2,1-4H3,(H,15,17). The number of carbonyl (C=O) groups is 2. The Labute approximate surface area is 112 Å². The second-order valence-electron chi connectivity index (χ2n) is 4.96. The summed E-state index contributed by atoms with van der Waals surface area (Å²) in [5, 5.41) is 2.55. The van der Waals surface area contributed by atoms with Gasteiger partial charge in [-0.25, -0.2) is 4.79 Å². The molecule has 0 spiro atoms. The molecule has 0 unspecified atom stereocenters. The third kappa shape index (κ3) is 5.85. The van der Waals surface area contributed by atoms with E-state index in [1.165, 1.54) is 19.5 Å². The lowest BCUT2D eigenvalue weighted by Gasteiger charge is -2.19. The van der Waals surface area contributed by atoms with Gasteiger partial charge in [0, 0.05) is 6.20 Å². The number of nitrogens with one attached hydrogen (secondary N) is 1. The molecule has 1 aromatic rings. The monoisotopic (exact) mass is 266 g/mol. The van der Waals surface area contributed by atoms with Crippen molar-refractivity contribution >= 4 is 17.7 Å². The molecular formula is C13H18N2O4. The van der Waals surface area contributed by atoms with Crippen molar-refractivity contribution in [1.82, 2.24) is 4.98 Å². The van der Waals surface area contributed by atoms with E-state index < -0.39 is 11.7 Å². The summed E-state index contributed by atoms with van der Waals surface area (Å²) in [6, 6.07) is 1.65. The van der Waals surface area contributed by atoms with Crippen LogP contribution in [0, 0.1) is 0 Å². The molecule has 0 aliphatic rings. The average molecular weight is 266 g/mol. The lowest BCUT2D eigenvalue weighted by molar-refractivity contribution is -0.139. The van der Waals surface area contributed by atoms with Gasteiger partial charge in [0.15, 0.2) is 0 Å². The van der Waals surface area contributed by atoms with Gasteiger partial charge < -0.3 is 9.47 Å². The Morgan fingerprint density at radius 3 is 2.58 bits per heavy atom. The average Bonchev–Trinajstić information content (AvgIpc) is 2.26. The van der Waals surface area contributed by atoms with E-state index in [0.29, 0.717) is 11.3 Å². The summed E-state index contributed by atoms with van der Waals surface area (Å²) in [4.78, 5) is 26.6. The number of pyridine rings is 1. The van der Waals surface area contributed by atoms with Gasteiger partial charge >= 0.3 is 12.1 Å². The van der Waals surface area contributed by atoms with Crippen molar-refractivity contribution in [3.63, 3.8) is 0 Å². The molecule has 1 rings (SSSR count). The van der Waals surface area contributed by atoms with Gasteiger partial charge in [0.25, 0.3) is 0 Å². The van der Waals surface area contributed by atoms with E-state index in [-0.39, 0.29) is 12.4 Å². The lowest BCUT2D eigenvalue weighted by Crippen LogP contribution is -2.27. The summed E-state index contributed by atoms with van der Waals surface area (Å²) in [6.07, 6.45) is 2.56. The van der Waals surface area contributed by atoms with Crippen LogP contribution in [0.3, 0.4) is 0 Å². The van der Waals surface area contributed by atoms with Gasteiger partial charge in [-0.15, -0.1) is 0 Å². The quantitative estimate of drug-likeness (QED) is 0.848. The Bertz CT molecular complexity index is 466. The SMILES string of the molecule is COC(=O)Cc1cncc(NC(=O)OC(C)(C)C)c1. The summed E-state index contributed by atoms with van der Waals surface area (Å²) in [5.74, 6) is -0.365. The van der Waals surface area contributed by atoms with Crippen LogP contribution >= 0.6 is 0 Å². The number of hydrogen-bond acceptors (Lipinski definition) is 5. The molecule has 0 fully saturated rings. The molecule has 19 heavy (non-hydrogen) atoms. The molecule has 0 saturated heterocycles. The maximum atomic E-state index is 11.6. The highest BCUT2D eigenvalue weighted by Crippen LogP contribution is 2.12. The normalized spacial score (nSPS) is 10.7. The topological polar surface area (TPSA) is 77.5 Å². The van der Waals surface area contributed by atoms with Gasteiger partial charge in [0.2, 0.25) is 0 Å². The van der Waals surface area contributed by atoms with E-state index >= 15 is 0 Å². The summed E-state index contributed by atoms with van der Waals surface area (Å²) < 4.78 is 9.68. The highest BCUT2D eigenvalue weighted by atomic mass is 16.6. The first-order valence-corrected chi connectivity index (χ1v) is 5.81. The number of amides is 1. The lowest BCUT2D eigenvalue weighted by atomic mass is 10.2. The van der Waals surface area contributed by atoms with Gasteiger partial charge in [-0.05, 0) is 32.4 Å². The van der Waals surface area contributed by atoms with Crippen LogP contribution in [0.15, 0.2) is 18.5 Å². The molecule has 0 aromatic carbocycles. The number of nitrogens with zero attached hydrogens (tertiary/aromatic N) is 1. The van der Waals surface area contributed by atoms with E-state index in [0.717, 1.165) is 0 Å². The Balaban J connectivity index is 2.67. The Kier molecular flexibility index (Phi) is 4.86. The third-order valence-electron chi connectivity index (χ3n) is 2.02. The van der Waals surface area contributed by atoms with Gasteiger partial charge in [0.1, 0.15) is 5.60 Å². The Morgan fingerprint density at radius 2 is 2.00 bits per heavy atom. The minimum atomic E-state index is -0.568. The van der Waals surface area contributed by atoms with Crippen molar-refractivity contribution in [2.24, 2.45) is 0 Å². The minimum Gasteiger partial charge on any atom is -0.469 e. The van der Waals surface area contributed by atoms with E-state index in [2.05, 4.69) is 15.0 Å². The number of rotatable bonds is 3. The number of methoxy groups -OCH3 is 1. The maximum Gasteiger partial charge on any atom is 0.412 e. The summed E-state index contributed by atoms with van der Waals surface area (Å²) in [7, 11) is 1.32. The summed E-state index contributed by atoms with van der Waals surface area (Å²) in [6.45, 7) is 5.33. The molecule has 1 N–H and O–H groups in total. The molecule has 6 heteroatoms. The highest BCUT2D eigenvalue weighted by Gasteiger charge is 2.16. The maximum absolute atomic E-state index is 11.6. The first kappa shape index (κ1) is 14.9.